The molecular formula is C70H114O6. The van der Waals surface area contributed by atoms with Crippen molar-refractivity contribution in [2.24, 2.45) is 0 Å². The summed E-state index contributed by atoms with van der Waals surface area (Å²) in [6, 6.07) is 0. The SMILES string of the molecule is CC/C=C\C/C=C\C/C=C\C/C=C\C/C=C\C/C=C\C/C=C\C/C=C\CCCCCCCCCCC(=O)OCC(COC(=O)CCCCCCCCCC)OC(=O)CCCCCCCCC/C=C\C/C=C\C/C=C\CC. The van der Waals surface area contributed by atoms with Crippen molar-refractivity contribution in [3.05, 3.63) is 134 Å². The molecular weight excluding hydrogens is 937 g/mol. The summed E-state index contributed by atoms with van der Waals surface area (Å²) in [4.78, 5) is 38.1. The van der Waals surface area contributed by atoms with Crippen LogP contribution >= 0.6 is 0 Å². The number of rotatable bonds is 55. The standard InChI is InChI=1S/C70H114O6/c1-4-7-10-13-16-19-21-23-25-27-28-29-30-31-32-33-34-35-36-37-38-39-40-41-42-44-45-47-49-51-54-57-60-63-69(72)75-66-67(65-74-68(71)62-59-56-53-18-15-12-9-6-3)76-70(73)64-61-58-55-52-50-48-46-43-26-24-22-20-17-14-11-8-5-2/h7-8,10-11,16-17,19-20,23-26,28-29,31-32,34-35,37-38,40-41,67H,4-6,9,12-15,18,21-22,27,30,33,36,39,42-66H2,1-3H3/b10-7-,11-8-,19-16-,20-17-,25-23-,26-24-,29-28-,32-31-,35-34-,38-37-,41-40-. The maximum Gasteiger partial charge on any atom is 0.306 e. The van der Waals surface area contributed by atoms with Gasteiger partial charge in [0, 0.05) is 19.3 Å². The van der Waals surface area contributed by atoms with Gasteiger partial charge >= 0.3 is 17.9 Å². The van der Waals surface area contributed by atoms with Crippen LogP contribution in [0.1, 0.15) is 271 Å². The van der Waals surface area contributed by atoms with E-state index in [0.29, 0.717) is 19.3 Å². The van der Waals surface area contributed by atoms with Gasteiger partial charge in [-0.2, -0.15) is 0 Å². The number of ether oxygens (including phenoxy) is 3. The molecule has 1 unspecified atom stereocenters. The van der Waals surface area contributed by atoms with Crippen LogP contribution in [-0.2, 0) is 28.6 Å². The molecule has 0 bridgehead atoms. The fraction of sp³-hybridized carbons (Fsp3) is 0.643. The van der Waals surface area contributed by atoms with E-state index >= 15 is 0 Å². The summed E-state index contributed by atoms with van der Waals surface area (Å²) in [5.41, 5.74) is 0. The molecule has 0 spiro atoms. The van der Waals surface area contributed by atoms with Crippen LogP contribution in [0, 0.1) is 0 Å². The molecule has 0 N–H and O–H groups in total. The van der Waals surface area contributed by atoms with Crippen LogP contribution in [0.15, 0.2) is 134 Å². The third kappa shape index (κ3) is 60.4. The first-order valence-corrected chi connectivity index (χ1v) is 31.2. The highest BCUT2D eigenvalue weighted by atomic mass is 16.6. The predicted octanol–water partition coefficient (Wildman–Crippen LogP) is 21.4. The van der Waals surface area contributed by atoms with Crippen molar-refractivity contribution < 1.29 is 28.6 Å². The third-order valence-corrected chi connectivity index (χ3v) is 12.9. The summed E-state index contributed by atoms with van der Waals surface area (Å²) in [7, 11) is 0. The zero-order valence-corrected chi connectivity index (χ0v) is 49.2. The Morgan fingerprint density at radius 1 is 0.276 bits per heavy atom. The molecule has 0 fully saturated rings. The quantitative estimate of drug-likeness (QED) is 0.0261. The van der Waals surface area contributed by atoms with E-state index in [1.165, 1.54) is 89.9 Å². The molecule has 0 aliphatic heterocycles. The van der Waals surface area contributed by atoms with Crippen molar-refractivity contribution in [2.45, 2.75) is 277 Å². The third-order valence-electron chi connectivity index (χ3n) is 12.9. The van der Waals surface area contributed by atoms with Crippen molar-refractivity contribution in [3.8, 4) is 0 Å². The van der Waals surface area contributed by atoms with Crippen LogP contribution in [0.2, 0.25) is 0 Å². The lowest BCUT2D eigenvalue weighted by atomic mass is 10.1. The molecule has 0 saturated heterocycles. The molecule has 76 heavy (non-hydrogen) atoms. The Bertz CT molecular complexity index is 1630. The second-order valence-electron chi connectivity index (χ2n) is 20.2. The lowest BCUT2D eigenvalue weighted by Crippen LogP contribution is -2.30. The highest BCUT2D eigenvalue weighted by molar-refractivity contribution is 5.71. The predicted molar refractivity (Wildman–Crippen MR) is 329 cm³/mol. The number of esters is 3. The molecule has 0 rings (SSSR count). The van der Waals surface area contributed by atoms with Crippen LogP contribution in [-0.4, -0.2) is 37.2 Å². The number of carbonyl (C=O) groups excluding carboxylic acids is 3. The van der Waals surface area contributed by atoms with Crippen molar-refractivity contribution in [3.63, 3.8) is 0 Å². The highest BCUT2D eigenvalue weighted by Crippen LogP contribution is 2.15. The Morgan fingerprint density at radius 2 is 0.513 bits per heavy atom. The summed E-state index contributed by atoms with van der Waals surface area (Å²) in [6.07, 6.45) is 89.0. The molecule has 0 aromatic heterocycles. The molecule has 0 aromatic rings. The maximum atomic E-state index is 12.8. The van der Waals surface area contributed by atoms with Crippen molar-refractivity contribution >= 4 is 17.9 Å². The summed E-state index contributed by atoms with van der Waals surface area (Å²) < 4.78 is 16.8. The van der Waals surface area contributed by atoms with Crippen LogP contribution < -0.4 is 0 Å². The summed E-state index contributed by atoms with van der Waals surface area (Å²) in [6.45, 7) is 6.37. The van der Waals surface area contributed by atoms with E-state index in [0.717, 1.165) is 141 Å². The minimum Gasteiger partial charge on any atom is -0.462 e. The van der Waals surface area contributed by atoms with Gasteiger partial charge in [-0.15, -0.1) is 0 Å². The Hall–Kier alpha value is -4.45. The molecule has 0 radical (unpaired) electrons. The normalized spacial score (nSPS) is 13.0. The van der Waals surface area contributed by atoms with Crippen molar-refractivity contribution in [1.82, 2.24) is 0 Å². The number of hydrogen-bond donors (Lipinski definition) is 0. The first-order chi connectivity index (χ1) is 37.5. The second-order valence-corrected chi connectivity index (χ2v) is 20.2. The fourth-order valence-corrected chi connectivity index (χ4v) is 8.30. The van der Waals surface area contributed by atoms with E-state index in [9.17, 15) is 14.4 Å². The lowest BCUT2D eigenvalue weighted by molar-refractivity contribution is -0.167. The maximum absolute atomic E-state index is 12.8. The molecule has 0 amide bonds. The fourth-order valence-electron chi connectivity index (χ4n) is 8.30. The van der Waals surface area contributed by atoms with E-state index in [4.69, 9.17) is 14.2 Å². The van der Waals surface area contributed by atoms with Gasteiger partial charge in [0.05, 0.1) is 0 Å². The molecule has 6 heteroatoms. The molecule has 6 nitrogen and oxygen atoms in total. The van der Waals surface area contributed by atoms with Crippen LogP contribution in [0.25, 0.3) is 0 Å². The van der Waals surface area contributed by atoms with E-state index in [2.05, 4.69) is 154 Å². The van der Waals surface area contributed by atoms with Gasteiger partial charge in [-0.05, 0) is 116 Å². The number of allylic oxidation sites excluding steroid dienone is 22. The topological polar surface area (TPSA) is 78.9 Å². The minimum atomic E-state index is -0.788. The molecule has 0 aliphatic carbocycles. The number of hydrogen-bond acceptors (Lipinski definition) is 6. The molecule has 430 valence electrons. The molecule has 0 saturated carbocycles. The Kier molecular flexibility index (Phi) is 59.4. The monoisotopic (exact) mass is 1050 g/mol. The lowest BCUT2D eigenvalue weighted by Gasteiger charge is -2.18. The van der Waals surface area contributed by atoms with Gasteiger partial charge < -0.3 is 14.2 Å². The number of unbranched alkanes of at least 4 members (excludes halogenated alkanes) is 22. The largest absolute Gasteiger partial charge is 0.462 e. The van der Waals surface area contributed by atoms with Gasteiger partial charge in [0.25, 0.3) is 0 Å². The average Bonchev–Trinajstić information content (AvgIpc) is 3.42. The van der Waals surface area contributed by atoms with Crippen molar-refractivity contribution in [1.29, 1.82) is 0 Å². The Labute approximate surface area is 468 Å². The first kappa shape index (κ1) is 71.5. The van der Waals surface area contributed by atoms with E-state index in [1.54, 1.807) is 0 Å². The zero-order valence-electron chi connectivity index (χ0n) is 49.2. The van der Waals surface area contributed by atoms with E-state index < -0.39 is 6.10 Å². The summed E-state index contributed by atoms with van der Waals surface area (Å²) in [5, 5.41) is 0. The van der Waals surface area contributed by atoms with Crippen LogP contribution in [0.5, 0.6) is 0 Å². The van der Waals surface area contributed by atoms with Gasteiger partial charge in [-0.1, -0.05) is 270 Å². The number of carbonyl (C=O) groups is 3. The van der Waals surface area contributed by atoms with Gasteiger partial charge in [-0.25, -0.2) is 0 Å². The minimum absolute atomic E-state index is 0.0860. The van der Waals surface area contributed by atoms with E-state index in [1.807, 2.05) is 0 Å². The van der Waals surface area contributed by atoms with Gasteiger partial charge in [0.2, 0.25) is 0 Å². The Morgan fingerprint density at radius 3 is 0.803 bits per heavy atom. The zero-order chi connectivity index (χ0) is 55.0. The van der Waals surface area contributed by atoms with Gasteiger partial charge in [0.1, 0.15) is 13.2 Å². The second kappa shape index (κ2) is 63.1. The molecule has 0 aliphatic rings. The molecule has 0 aromatic carbocycles. The van der Waals surface area contributed by atoms with Crippen LogP contribution in [0.3, 0.4) is 0 Å². The summed E-state index contributed by atoms with van der Waals surface area (Å²) in [5.74, 6) is -0.909. The van der Waals surface area contributed by atoms with Gasteiger partial charge in [-0.3, -0.25) is 14.4 Å². The first-order valence-electron chi connectivity index (χ1n) is 31.2. The van der Waals surface area contributed by atoms with Crippen LogP contribution in [0.4, 0.5) is 0 Å². The molecule has 1 atom stereocenters. The smallest absolute Gasteiger partial charge is 0.306 e. The Balaban J connectivity index is 4.19. The van der Waals surface area contributed by atoms with E-state index in [-0.39, 0.29) is 31.1 Å². The average molecular weight is 1050 g/mol. The van der Waals surface area contributed by atoms with Gasteiger partial charge in [0.15, 0.2) is 6.10 Å². The molecule has 0 heterocycles. The highest BCUT2D eigenvalue weighted by Gasteiger charge is 2.19. The summed E-state index contributed by atoms with van der Waals surface area (Å²) >= 11 is 0. The van der Waals surface area contributed by atoms with Crippen molar-refractivity contribution in [2.75, 3.05) is 13.2 Å².